The summed E-state index contributed by atoms with van der Waals surface area (Å²) in [4.78, 5) is 36.3. The van der Waals surface area contributed by atoms with Crippen LogP contribution in [-0.2, 0) is 23.9 Å². The maximum Gasteiger partial charge on any atom is 0.343 e. The molecule has 0 aromatic carbocycles. The highest BCUT2D eigenvalue weighted by molar-refractivity contribution is 5.93. The Kier molecular flexibility index (Phi) is 5.82. The molecular formula is C23H30O7. The lowest BCUT2D eigenvalue weighted by molar-refractivity contribution is -0.194. The summed E-state index contributed by atoms with van der Waals surface area (Å²) in [6.45, 7) is 7.38. The monoisotopic (exact) mass is 418 g/mol. The number of ether oxygens (including phenoxy) is 2. The number of carbonyl (C=O) groups is 3. The molecule has 0 unspecified atom stereocenters. The molecule has 0 spiro atoms. The van der Waals surface area contributed by atoms with E-state index in [9.17, 15) is 19.5 Å². The zero-order valence-corrected chi connectivity index (χ0v) is 17.9. The van der Waals surface area contributed by atoms with E-state index in [4.69, 9.17) is 14.6 Å². The van der Waals surface area contributed by atoms with Crippen molar-refractivity contribution in [2.24, 2.45) is 16.7 Å². The zero-order valence-electron chi connectivity index (χ0n) is 17.9. The Morgan fingerprint density at radius 2 is 1.90 bits per heavy atom. The van der Waals surface area contributed by atoms with Crippen LogP contribution in [0, 0.1) is 16.7 Å². The van der Waals surface area contributed by atoms with E-state index in [1.807, 2.05) is 6.92 Å². The van der Waals surface area contributed by atoms with Gasteiger partial charge in [-0.15, -0.1) is 0 Å². The van der Waals surface area contributed by atoms with E-state index in [2.05, 4.69) is 13.8 Å². The Morgan fingerprint density at radius 3 is 2.57 bits per heavy atom. The number of rotatable bonds is 5. The number of fused-ring (bicyclic) bond motifs is 3. The van der Waals surface area contributed by atoms with E-state index < -0.39 is 40.9 Å². The van der Waals surface area contributed by atoms with Gasteiger partial charge in [-0.05, 0) is 37.3 Å². The first kappa shape index (κ1) is 22.4. The average molecular weight is 418 g/mol. The second kappa shape index (κ2) is 7.78. The number of hydrogen-bond donors (Lipinski definition) is 2. The van der Waals surface area contributed by atoms with Crippen LogP contribution >= 0.6 is 0 Å². The van der Waals surface area contributed by atoms with Gasteiger partial charge >= 0.3 is 11.9 Å². The van der Waals surface area contributed by atoms with Gasteiger partial charge in [-0.25, -0.2) is 9.59 Å². The smallest absolute Gasteiger partial charge is 0.343 e. The molecule has 7 heteroatoms. The molecule has 1 saturated carbocycles. The molecule has 1 heterocycles. The van der Waals surface area contributed by atoms with Gasteiger partial charge in [0.05, 0.1) is 0 Å². The third-order valence-electron chi connectivity index (χ3n) is 6.95. The van der Waals surface area contributed by atoms with Gasteiger partial charge in [-0.1, -0.05) is 39.3 Å². The summed E-state index contributed by atoms with van der Waals surface area (Å²) in [6.07, 6.45) is 7.44. The summed E-state index contributed by atoms with van der Waals surface area (Å²) in [5, 5.41) is 20.6. The second-order valence-corrected chi connectivity index (χ2v) is 9.41. The molecule has 7 nitrogen and oxygen atoms in total. The molecule has 1 saturated heterocycles. The summed E-state index contributed by atoms with van der Waals surface area (Å²) in [5.41, 5.74) is -2.33. The molecule has 5 atom stereocenters. The van der Waals surface area contributed by atoms with E-state index in [0.717, 1.165) is 12.8 Å². The van der Waals surface area contributed by atoms with Gasteiger partial charge in [0.2, 0.25) is 0 Å². The van der Waals surface area contributed by atoms with E-state index >= 15 is 0 Å². The predicted molar refractivity (Wildman–Crippen MR) is 108 cm³/mol. The van der Waals surface area contributed by atoms with Gasteiger partial charge in [0.1, 0.15) is 18.8 Å². The molecule has 0 radical (unpaired) electrons. The van der Waals surface area contributed by atoms with Gasteiger partial charge in [0, 0.05) is 23.0 Å². The van der Waals surface area contributed by atoms with Crippen LogP contribution in [0.15, 0.2) is 36.0 Å². The van der Waals surface area contributed by atoms with E-state index in [-0.39, 0.29) is 17.9 Å². The molecule has 1 aliphatic heterocycles. The van der Waals surface area contributed by atoms with Gasteiger partial charge in [-0.3, -0.25) is 4.79 Å². The number of carbonyl (C=O) groups excluding carboxylic acids is 3. The van der Waals surface area contributed by atoms with Gasteiger partial charge < -0.3 is 19.7 Å². The number of ketones is 1. The summed E-state index contributed by atoms with van der Waals surface area (Å²) >= 11 is 0. The molecule has 0 aromatic rings. The van der Waals surface area contributed by atoms with Crippen molar-refractivity contribution < 1.29 is 34.1 Å². The zero-order chi connectivity index (χ0) is 22.3. The highest BCUT2D eigenvalue weighted by Crippen LogP contribution is 2.63. The molecule has 2 fully saturated rings. The van der Waals surface area contributed by atoms with E-state index in [1.54, 1.807) is 6.08 Å². The molecule has 2 aliphatic carbocycles. The van der Waals surface area contributed by atoms with E-state index in [0.29, 0.717) is 12.0 Å². The third-order valence-corrected chi connectivity index (χ3v) is 6.95. The van der Waals surface area contributed by atoms with Crippen molar-refractivity contribution >= 4 is 17.7 Å². The normalized spacial score (nSPS) is 36.1. The number of allylic oxidation sites excluding steroid dienone is 2. The Morgan fingerprint density at radius 1 is 1.23 bits per heavy atom. The van der Waals surface area contributed by atoms with Gasteiger partial charge in [0.25, 0.3) is 0 Å². The fourth-order valence-corrected chi connectivity index (χ4v) is 5.54. The molecule has 0 amide bonds. The van der Waals surface area contributed by atoms with Crippen LogP contribution in [0.3, 0.4) is 0 Å². The number of aliphatic hydroxyl groups is 2. The minimum atomic E-state index is -1.70. The molecule has 164 valence electrons. The Bertz CT molecular complexity index is 834. The second-order valence-electron chi connectivity index (χ2n) is 9.41. The standard InChI is InChI=1S/C23H30O7/c1-14(24)16(25)8-5-6-9-18(26)30-17-12-15-13-29-20(27)23(15,28)22(4)11-7-10-21(2,3)19(17)22/h5-6,8-9,12,14,17,19,24,28H,7,10-11,13H2,1-4H3/b8-5+,9-6+/t14-,17+,19+,22-,23-/m0/s1. The number of aliphatic hydroxyl groups excluding tert-OH is 1. The lowest BCUT2D eigenvalue weighted by Gasteiger charge is -2.59. The summed E-state index contributed by atoms with van der Waals surface area (Å²) in [6, 6.07) is 0. The average Bonchev–Trinajstić information content (AvgIpc) is 2.94. The van der Waals surface area contributed by atoms with Crippen molar-refractivity contribution in [3.8, 4) is 0 Å². The quantitative estimate of drug-likeness (QED) is 0.304. The third kappa shape index (κ3) is 3.54. The van der Waals surface area contributed by atoms with E-state index in [1.165, 1.54) is 31.2 Å². The fourth-order valence-electron chi connectivity index (χ4n) is 5.54. The minimum absolute atomic E-state index is 0.00778. The van der Waals surface area contributed by atoms with Crippen molar-refractivity contribution in [1.82, 2.24) is 0 Å². The summed E-state index contributed by atoms with van der Waals surface area (Å²) in [7, 11) is 0. The summed E-state index contributed by atoms with van der Waals surface area (Å²) in [5.74, 6) is -1.96. The molecule has 3 aliphatic rings. The summed E-state index contributed by atoms with van der Waals surface area (Å²) < 4.78 is 10.9. The first-order chi connectivity index (χ1) is 13.9. The van der Waals surface area contributed by atoms with Crippen molar-refractivity contribution in [2.45, 2.75) is 64.8 Å². The van der Waals surface area contributed by atoms with Crippen molar-refractivity contribution in [2.75, 3.05) is 6.61 Å². The van der Waals surface area contributed by atoms with Crippen LogP contribution in [0.1, 0.15) is 47.0 Å². The first-order valence-electron chi connectivity index (χ1n) is 10.3. The Labute approximate surface area is 176 Å². The molecule has 2 N–H and O–H groups in total. The molecular weight excluding hydrogens is 388 g/mol. The van der Waals surface area contributed by atoms with Crippen LogP contribution in [0.25, 0.3) is 0 Å². The molecule has 30 heavy (non-hydrogen) atoms. The van der Waals surface area contributed by atoms with Crippen LogP contribution < -0.4 is 0 Å². The molecule has 0 bridgehead atoms. The Hall–Kier alpha value is -2.25. The topological polar surface area (TPSA) is 110 Å². The maximum absolute atomic E-state index is 12.5. The van der Waals surface area contributed by atoms with Gasteiger partial charge in [0.15, 0.2) is 11.4 Å². The van der Waals surface area contributed by atoms with Crippen LogP contribution in [0.2, 0.25) is 0 Å². The number of hydrogen-bond acceptors (Lipinski definition) is 7. The molecule has 3 rings (SSSR count). The van der Waals surface area contributed by atoms with Crippen LogP contribution in [-0.4, -0.2) is 52.4 Å². The van der Waals surface area contributed by atoms with Crippen LogP contribution in [0.5, 0.6) is 0 Å². The highest BCUT2D eigenvalue weighted by Gasteiger charge is 2.69. The fraction of sp³-hybridized carbons (Fsp3) is 0.609. The predicted octanol–water partition coefficient (Wildman–Crippen LogP) is 2.02. The van der Waals surface area contributed by atoms with Crippen molar-refractivity contribution in [3.05, 3.63) is 36.0 Å². The minimum Gasteiger partial charge on any atom is -0.459 e. The SMILES string of the molecule is C[C@H](O)C(=O)/C=C/C=C/C(=O)O[C@@H]1C=C2COC(=O)[C@]2(O)[C@@]2(C)CCCC(C)(C)[C@@H]12. The largest absolute Gasteiger partial charge is 0.459 e. The Balaban J connectivity index is 1.87. The number of esters is 2. The number of cyclic esters (lactones) is 1. The lowest BCUT2D eigenvalue weighted by atomic mass is 9.46. The van der Waals surface area contributed by atoms with Crippen molar-refractivity contribution in [3.63, 3.8) is 0 Å². The first-order valence-corrected chi connectivity index (χ1v) is 10.3. The lowest BCUT2D eigenvalue weighted by Crippen LogP contribution is -2.65. The highest BCUT2D eigenvalue weighted by atomic mass is 16.6. The van der Waals surface area contributed by atoms with Crippen molar-refractivity contribution in [1.29, 1.82) is 0 Å². The van der Waals surface area contributed by atoms with Gasteiger partial charge in [-0.2, -0.15) is 0 Å². The maximum atomic E-state index is 12.5. The van der Waals surface area contributed by atoms with Crippen LogP contribution in [0.4, 0.5) is 0 Å². The molecule has 0 aromatic heterocycles.